The summed E-state index contributed by atoms with van der Waals surface area (Å²) in [6, 6.07) is 11.2. The van der Waals surface area contributed by atoms with Crippen LogP contribution in [-0.2, 0) is 16.2 Å². The first-order valence-corrected chi connectivity index (χ1v) is 11.9. The first-order valence-electron chi connectivity index (χ1n) is 11.9. The van der Waals surface area contributed by atoms with Crippen molar-refractivity contribution >= 4 is 28.4 Å². The topological polar surface area (TPSA) is 147 Å². The molecule has 11 heteroatoms. The van der Waals surface area contributed by atoms with Crippen molar-refractivity contribution in [2.24, 2.45) is 4.99 Å². The van der Waals surface area contributed by atoms with E-state index in [1.54, 1.807) is 25.1 Å². The highest BCUT2D eigenvalue weighted by Crippen LogP contribution is 2.16. The Morgan fingerprint density at radius 2 is 1.97 bits per heavy atom. The number of hydrogen-bond donors (Lipinski definition) is 4. The fourth-order valence-corrected chi connectivity index (χ4v) is 3.17. The number of nitrogens with zero attached hydrogens (tertiary/aromatic N) is 3. The van der Waals surface area contributed by atoms with E-state index in [4.69, 9.17) is 15.8 Å². The number of aromatic amines is 1. The van der Waals surface area contributed by atoms with Gasteiger partial charge in [-0.2, -0.15) is 10.6 Å². The molecule has 3 rings (SSSR count). The summed E-state index contributed by atoms with van der Waals surface area (Å²) in [5.41, 5.74) is 2.77. The molecule has 0 atom stereocenters. The van der Waals surface area contributed by atoms with E-state index in [2.05, 4.69) is 42.5 Å². The lowest BCUT2D eigenvalue weighted by Crippen LogP contribution is -2.26. The molecule has 0 radical (unpaired) electrons. The van der Waals surface area contributed by atoms with Crippen molar-refractivity contribution < 1.29 is 14.2 Å². The van der Waals surface area contributed by atoms with Gasteiger partial charge in [-0.15, -0.1) is 0 Å². The van der Waals surface area contributed by atoms with Crippen molar-refractivity contribution in [2.75, 3.05) is 18.4 Å². The van der Waals surface area contributed by atoms with Gasteiger partial charge in [-0.25, -0.2) is 10.1 Å². The first kappa shape index (κ1) is 27.9. The summed E-state index contributed by atoms with van der Waals surface area (Å²) in [6.07, 6.45) is 7.15. The average Bonchev–Trinajstić information content (AvgIpc) is 3.32. The number of amides is 1. The minimum atomic E-state index is -0.227. The number of terminal acetylenes is 1. The third-order valence-corrected chi connectivity index (χ3v) is 4.78. The average molecular weight is 496 g/mol. The first-order chi connectivity index (χ1) is 17.6. The number of H-pyrrole nitrogens is 1. The van der Waals surface area contributed by atoms with Crippen LogP contribution in [0.1, 0.15) is 51.0 Å². The van der Waals surface area contributed by atoms with Gasteiger partial charge in [0.2, 0.25) is 11.8 Å². The van der Waals surface area contributed by atoms with Gasteiger partial charge in [0, 0.05) is 43.4 Å². The molecule has 3 aromatic rings. The Balaban J connectivity index is 0.00000222. The third-order valence-electron chi connectivity index (χ3n) is 4.78. The van der Waals surface area contributed by atoms with Crippen molar-refractivity contribution in [1.82, 2.24) is 26.2 Å². The van der Waals surface area contributed by atoms with E-state index < -0.39 is 0 Å². The number of carbonyl (C=O) groups is 1. The lowest BCUT2D eigenvalue weighted by atomic mass is 10.2. The molecule has 1 aromatic carbocycles. The maximum absolute atomic E-state index is 12.1. The van der Waals surface area contributed by atoms with E-state index in [1.165, 1.54) is 0 Å². The van der Waals surface area contributed by atoms with Crippen molar-refractivity contribution in [1.29, 1.82) is 0 Å². The van der Waals surface area contributed by atoms with Crippen LogP contribution in [0, 0.1) is 19.4 Å². The normalized spacial score (nSPS) is 10.7. The van der Waals surface area contributed by atoms with Crippen LogP contribution in [0.4, 0.5) is 5.82 Å². The number of benzene rings is 1. The standard InChI is InChI=1S/C23H27N7O4.C2H6/c1-3-27-34-21(26-15-17-14-16(2)33-30-17)11-6-10-20(31)24-12-7-13-25-22-18-8-4-5-9-19(18)23(32)29-28-22;1-2/h1,4-5,8-9,14,27H,6-7,10-13,15H2,2H3,(H,24,31)(H,25,28)(H,29,32);1-2H3. The van der Waals surface area contributed by atoms with Crippen molar-refractivity contribution in [3.63, 3.8) is 0 Å². The molecule has 0 aliphatic heterocycles. The molecule has 36 heavy (non-hydrogen) atoms. The lowest BCUT2D eigenvalue weighted by molar-refractivity contribution is -0.121. The number of anilines is 1. The fourth-order valence-electron chi connectivity index (χ4n) is 3.17. The number of fused-ring (bicyclic) bond motifs is 1. The second-order valence-electron chi connectivity index (χ2n) is 7.42. The highest BCUT2D eigenvalue weighted by atomic mass is 16.7. The van der Waals surface area contributed by atoms with Crippen molar-refractivity contribution in [3.05, 3.63) is 52.1 Å². The summed E-state index contributed by atoms with van der Waals surface area (Å²) < 4.78 is 5.01. The Hall–Kier alpha value is -4.33. The molecule has 11 nitrogen and oxygen atoms in total. The zero-order valence-corrected chi connectivity index (χ0v) is 20.9. The van der Waals surface area contributed by atoms with Gasteiger partial charge in [0.05, 0.1) is 11.9 Å². The maximum atomic E-state index is 12.1. The largest absolute Gasteiger partial charge is 0.368 e. The van der Waals surface area contributed by atoms with Gasteiger partial charge < -0.3 is 20.0 Å². The van der Waals surface area contributed by atoms with E-state index in [1.807, 2.05) is 26.0 Å². The molecular formula is C25H33N7O4. The molecule has 0 saturated heterocycles. The zero-order valence-electron chi connectivity index (χ0n) is 20.9. The number of rotatable bonds is 12. The Morgan fingerprint density at radius 3 is 2.69 bits per heavy atom. The fraction of sp³-hybridized carbons (Fsp3) is 0.400. The number of aromatic nitrogens is 3. The summed E-state index contributed by atoms with van der Waals surface area (Å²) in [7, 11) is 0. The van der Waals surface area contributed by atoms with Gasteiger partial charge in [-0.1, -0.05) is 43.6 Å². The number of carbonyl (C=O) groups excluding carboxylic acids is 1. The minimum absolute atomic E-state index is 0.0657. The Labute approximate surface area is 210 Å². The van der Waals surface area contributed by atoms with Gasteiger partial charge in [-0.05, 0) is 25.8 Å². The van der Waals surface area contributed by atoms with E-state index in [0.29, 0.717) is 67.3 Å². The Kier molecular flexibility index (Phi) is 12.1. The predicted octanol–water partition coefficient (Wildman–Crippen LogP) is 3.04. The molecular weight excluding hydrogens is 462 g/mol. The molecule has 2 aromatic heterocycles. The number of aryl methyl sites for hydroxylation is 1. The van der Waals surface area contributed by atoms with Crippen molar-refractivity contribution in [2.45, 2.75) is 53.0 Å². The number of hydroxylamine groups is 1. The summed E-state index contributed by atoms with van der Waals surface area (Å²) in [4.78, 5) is 33.5. The molecule has 0 bridgehead atoms. The van der Waals surface area contributed by atoms with Crippen LogP contribution in [-0.4, -0.2) is 40.2 Å². The van der Waals surface area contributed by atoms with Gasteiger partial charge >= 0.3 is 0 Å². The molecule has 0 spiro atoms. The summed E-state index contributed by atoms with van der Waals surface area (Å²) in [6.45, 7) is 7.19. The Morgan fingerprint density at radius 1 is 1.19 bits per heavy atom. The monoisotopic (exact) mass is 495 g/mol. The van der Waals surface area contributed by atoms with Crippen LogP contribution in [0.2, 0.25) is 0 Å². The molecule has 0 aliphatic carbocycles. The molecule has 4 N–H and O–H groups in total. The minimum Gasteiger partial charge on any atom is -0.368 e. The molecule has 1 amide bonds. The molecule has 0 unspecified atom stereocenters. The van der Waals surface area contributed by atoms with Crippen LogP contribution in [0.15, 0.2) is 44.6 Å². The number of aliphatic imine (C=N–C) groups is 1. The van der Waals surface area contributed by atoms with Crippen LogP contribution in [0.25, 0.3) is 10.8 Å². The van der Waals surface area contributed by atoms with Gasteiger partial charge in [-0.3, -0.25) is 9.59 Å². The molecule has 2 heterocycles. The molecule has 0 fully saturated rings. The molecule has 192 valence electrons. The molecule has 0 aliphatic rings. The second kappa shape index (κ2) is 15.5. The quantitative estimate of drug-likeness (QED) is 0.0749. The van der Waals surface area contributed by atoms with E-state index in [9.17, 15) is 9.59 Å². The summed E-state index contributed by atoms with van der Waals surface area (Å²) in [5.74, 6) is 1.62. The smallest absolute Gasteiger partial charge is 0.272 e. The van der Waals surface area contributed by atoms with E-state index in [-0.39, 0.29) is 18.0 Å². The van der Waals surface area contributed by atoms with Crippen LogP contribution in [0.5, 0.6) is 0 Å². The summed E-state index contributed by atoms with van der Waals surface area (Å²) >= 11 is 0. The zero-order chi connectivity index (χ0) is 26.2. The van der Waals surface area contributed by atoms with Gasteiger partial charge in [0.15, 0.2) is 5.82 Å². The van der Waals surface area contributed by atoms with Crippen LogP contribution >= 0.6 is 0 Å². The molecule has 0 saturated carbocycles. The SMILES string of the molecule is C#CNOC(CCCC(=O)NCCCNc1n[nH]c(=O)c2ccccc12)=NCc1cc(C)on1.CC. The number of nitrogens with one attached hydrogen (secondary N) is 4. The predicted molar refractivity (Wildman–Crippen MR) is 139 cm³/mol. The van der Waals surface area contributed by atoms with E-state index in [0.717, 1.165) is 5.39 Å². The lowest BCUT2D eigenvalue weighted by Gasteiger charge is -2.09. The van der Waals surface area contributed by atoms with E-state index >= 15 is 0 Å². The second-order valence-corrected chi connectivity index (χ2v) is 7.42. The number of hydrogen-bond acceptors (Lipinski definition) is 9. The maximum Gasteiger partial charge on any atom is 0.272 e. The Bertz CT molecular complexity index is 1230. The highest BCUT2D eigenvalue weighted by molar-refractivity contribution is 5.90. The summed E-state index contributed by atoms with van der Waals surface area (Å²) in [5, 5.41) is 17.8. The van der Waals surface area contributed by atoms with Gasteiger partial charge in [0.25, 0.3) is 5.56 Å². The van der Waals surface area contributed by atoms with Crippen LogP contribution in [0.3, 0.4) is 0 Å². The van der Waals surface area contributed by atoms with Crippen LogP contribution < -0.4 is 21.7 Å². The van der Waals surface area contributed by atoms with Crippen molar-refractivity contribution in [3.8, 4) is 12.5 Å². The third kappa shape index (κ3) is 9.13. The van der Waals surface area contributed by atoms with Gasteiger partial charge in [0.1, 0.15) is 11.5 Å². The highest BCUT2D eigenvalue weighted by Gasteiger charge is 2.08.